The molecule has 1 aromatic heterocycles. The van der Waals surface area contributed by atoms with Crippen LogP contribution in [0.2, 0.25) is 0 Å². The smallest absolute Gasteiger partial charge is 0.271 e. The molecule has 1 aliphatic heterocycles. The molecule has 0 saturated carbocycles. The first-order valence-electron chi connectivity index (χ1n) is 8.25. The van der Waals surface area contributed by atoms with Crippen LogP contribution >= 0.6 is 0 Å². The molecule has 0 unspecified atom stereocenters. The molecule has 0 fully saturated rings. The standard InChI is InChI=1S/C20H14N2O6/c23-19(14-5-7-17-18(9-14)27-11-26-17)22-21-10-15-6-8-16(28-15)12-1-3-13(4-2-12)20(24)25/h1-10H,11H2,(H,22,23)(H,24,25)/p-1/b21-10+. The predicted octanol–water partition coefficient (Wildman–Crippen LogP) is 1.80. The summed E-state index contributed by atoms with van der Waals surface area (Å²) in [5, 5.41) is 14.7. The summed E-state index contributed by atoms with van der Waals surface area (Å²) in [4.78, 5) is 22.9. The van der Waals surface area contributed by atoms with Crippen LogP contribution in [-0.2, 0) is 0 Å². The van der Waals surface area contributed by atoms with Gasteiger partial charge in [0.25, 0.3) is 5.91 Å². The third-order valence-electron chi connectivity index (χ3n) is 4.02. The number of hydrogen-bond donors (Lipinski definition) is 1. The van der Waals surface area contributed by atoms with Crippen molar-refractivity contribution in [1.82, 2.24) is 5.43 Å². The Morgan fingerprint density at radius 1 is 0.964 bits per heavy atom. The first kappa shape index (κ1) is 17.3. The molecule has 3 aromatic rings. The number of amides is 1. The molecule has 140 valence electrons. The van der Waals surface area contributed by atoms with Gasteiger partial charge in [0.1, 0.15) is 11.5 Å². The zero-order chi connectivity index (χ0) is 19.5. The SMILES string of the molecule is O=C([O-])c1ccc(-c2ccc(/C=N/NC(=O)c3ccc4c(c3)OCO4)o2)cc1. The molecule has 0 radical (unpaired) electrons. The van der Waals surface area contributed by atoms with Crippen LogP contribution in [0.15, 0.2) is 64.1 Å². The number of aromatic carboxylic acids is 1. The Bertz CT molecular complexity index is 1070. The summed E-state index contributed by atoms with van der Waals surface area (Å²) in [7, 11) is 0. The Morgan fingerprint density at radius 2 is 1.71 bits per heavy atom. The van der Waals surface area contributed by atoms with Gasteiger partial charge in [-0.2, -0.15) is 5.10 Å². The molecule has 8 nitrogen and oxygen atoms in total. The lowest BCUT2D eigenvalue weighted by atomic mass is 10.1. The van der Waals surface area contributed by atoms with E-state index in [9.17, 15) is 14.7 Å². The van der Waals surface area contributed by atoms with Crippen LogP contribution < -0.4 is 20.0 Å². The second-order valence-electron chi connectivity index (χ2n) is 5.83. The quantitative estimate of drug-likeness (QED) is 0.536. The highest BCUT2D eigenvalue weighted by atomic mass is 16.7. The van der Waals surface area contributed by atoms with Gasteiger partial charge in [0, 0.05) is 11.1 Å². The molecule has 0 bridgehead atoms. The number of nitrogens with one attached hydrogen (secondary N) is 1. The monoisotopic (exact) mass is 377 g/mol. The average Bonchev–Trinajstić information content (AvgIpc) is 3.36. The van der Waals surface area contributed by atoms with Gasteiger partial charge in [0.05, 0.1) is 12.2 Å². The predicted molar refractivity (Wildman–Crippen MR) is 96.1 cm³/mol. The van der Waals surface area contributed by atoms with Crippen LogP contribution in [0.3, 0.4) is 0 Å². The van der Waals surface area contributed by atoms with Crippen LogP contribution in [-0.4, -0.2) is 24.9 Å². The summed E-state index contributed by atoms with van der Waals surface area (Å²) in [6.07, 6.45) is 1.36. The first-order chi connectivity index (χ1) is 13.6. The number of carboxylic acid groups (broad SMARTS) is 1. The fourth-order valence-corrected chi connectivity index (χ4v) is 2.60. The van der Waals surface area contributed by atoms with Gasteiger partial charge in [0.15, 0.2) is 11.5 Å². The molecule has 1 aliphatic rings. The maximum Gasteiger partial charge on any atom is 0.271 e. The number of hydrogen-bond acceptors (Lipinski definition) is 7. The van der Waals surface area contributed by atoms with Crippen LogP contribution in [0.4, 0.5) is 0 Å². The van der Waals surface area contributed by atoms with Crippen LogP contribution in [0.25, 0.3) is 11.3 Å². The minimum Gasteiger partial charge on any atom is -0.545 e. The lowest BCUT2D eigenvalue weighted by Gasteiger charge is -2.02. The Balaban J connectivity index is 1.40. The maximum atomic E-state index is 12.1. The Labute approximate surface area is 159 Å². The number of furan rings is 1. The van der Waals surface area contributed by atoms with Gasteiger partial charge < -0.3 is 23.8 Å². The summed E-state index contributed by atoms with van der Waals surface area (Å²) in [6, 6.07) is 14.4. The van der Waals surface area contributed by atoms with Gasteiger partial charge in [-0.05, 0) is 35.9 Å². The van der Waals surface area contributed by atoms with Crippen molar-refractivity contribution in [2.75, 3.05) is 6.79 Å². The zero-order valence-electron chi connectivity index (χ0n) is 14.4. The van der Waals surface area contributed by atoms with E-state index >= 15 is 0 Å². The number of carbonyl (C=O) groups excluding carboxylic acids is 2. The van der Waals surface area contributed by atoms with E-state index in [1.807, 2.05) is 0 Å². The van der Waals surface area contributed by atoms with Crippen molar-refractivity contribution >= 4 is 18.1 Å². The number of hydrazone groups is 1. The molecule has 0 atom stereocenters. The minimum atomic E-state index is -1.24. The van der Waals surface area contributed by atoms with Gasteiger partial charge in [-0.1, -0.05) is 24.3 Å². The van der Waals surface area contributed by atoms with Crippen molar-refractivity contribution in [2.45, 2.75) is 0 Å². The molecule has 4 rings (SSSR count). The van der Waals surface area contributed by atoms with Crippen molar-refractivity contribution in [3.05, 3.63) is 71.5 Å². The molecule has 2 aromatic carbocycles. The lowest BCUT2D eigenvalue weighted by molar-refractivity contribution is -0.255. The molecule has 0 saturated heterocycles. The lowest BCUT2D eigenvalue weighted by Crippen LogP contribution is -2.21. The summed E-state index contributed by atoms with van der Waals surface area (Å²) < 4.78 is 16.1. The van der Waals surface area contributed by atoms with Gasteiger partial charge >= 0.3 is 0 Å². The minimum absolute atomic E-state index is 0.0864. The first-order valence-corrected chi connectivity index (χ1v) is 8.25. The Hall–Kier alpha value is -4.07. The van der Waals surface area contributed by atoms with E-state index < -0.39 is 11.9 Å². The number of rotatable bonds is 5. The van der Waals surface area contributed by atoms with E-state index in [0.29, 0.717) is 34.1 Å². The third kappa shape index (κ3) is 3.56. The Kier molecular flexibility index (Phi) is 4.51. The molecule has 2 heterocycles. The molecule has 1 amide bonds. The fourth-order valence-electron chi connectivity index (χ4n) is 2.60. The van der Waals surface area contributed by atoms with Crippen molar-refractivity contribution in [2.24, 2.45) is 5.10 Å². The number of carboxylic acids is 1. The highest BCUT2D eigenvalue weighted by Crippen LogP contribution is 2.32. The largest absolute Gasteiger partial charge is 0.545 e. The van der Waals surface area contributed by atoms with Crippen LogP contribution in [0.1, 0.15) is 26.5 Å². The number of fused-ring (bicyclic) bond motifs is 1. The second-order valence-corrected chi connectivity index (χ2v) is 5.83. The third-order valence-corrected chi connectivity index (χ3v) is 4.02. The van der Waals surface area contributed by atoms with Gasteiger partial charge in [-0.15, -0.1) is 0 Å². The van der Waals surface area contributed by atoms with Gasteiger partial charge in [0.2, 0.25) is 6.79 Å². The Morgan fingerprint density at radius 3 is 2.50 bits per heavy atom. The molecule has 0 spiro atoms. The van der Waals surface area contributed by atoms with Crippen LogP contribution in [0.5, 0.6) is 11.5 Å². The van der Waals surface area contributed by atoms with E-state index in [2.05, 4.69) is 10.5 Å². The average molecular weight is 377 g/mol. The number of benzene rings is 2. The van der Waals surface area contributed by atoms with E-state index in [4.69, 9.17) is 13.9 Å². The van der Waals surface area contributed by atoms with Crippen molar-refractivity contribution < 1.29 is 28.6 Å². The normalized spacial score (nSPS) is 12.3. The van der Waals surface area contributed by atoms with Gasteiger partial charge in [-0.25, -0.2) is 5.43 Å². The zero-order valence-corrected chi connectivity index (χ0v) is 14.4. The van der Waals surface area contributed by atoms with Crippen molar-refractivity contribution in [1.29, 1.82) is 0 Å². The maximum absolute atomic E-state index is 12.1. The molecule has 0 aliphatic carbocycles. The van der Waals surface area contributed by atoms with Crippen LogP contribution in [0, 0.1) is 0 Å². The fraction of sp³-hybridized carbons (Fsp3) is 0.0500. The van der Waals surface area contributed by atoms with Crippen molar-refractivity contribution in [3.63, 3.8) is 0 Å². The number of carbonyl (C=O) groups is 2. The number of ether oxygens (including phenoxy) is 2. The molecule has 8 heteroatoms. The van der Waals surface area contributed by atoms with Gasteiger partial charge in [-0.3, -0.25) is 4.79 Å². The van der Waals surface area contributed by atoms with E-state index in [1.165, 1.54) is 18.3 Å². The van der Waals surface area contributed by atoms with E-state index in [-0.39, 0.29) is 12.4 Å². The summed E-state index contributed by atoms with van der Waals surface area (Å²) in [6.45, 7) is 0.134. The molecular formula is C20H13N2O6-. The highest BCUT2D eigenvalue weighted by molar-refractivity contribution is 5.95. The summed E-state index contributed by atoms with van der Waals surface area (Å²) >= 11 is 0. The van der Waals surface area contributed by atoms with Crippen molar-refractivity contribution in [3.8, 4) is 22.8 Å². The number of nitrogens with zero attached hydrogens (tertiary/aromatic N) is 1. The summed E-state index contributed by atoms with van der Waals surface area (Å²) in [5.41, 5.74) is 3.58. The highest BCUT2D eigenvalue weighted by Gasteiger charge is 2.15. The second kappa shape index (κ2) is 7.28. The molecule has 1 N–H and O–H groups in total. The van der Waals surface area contributed by atoms with E-state index in [0.717, 1.165) is 0 Å². The van der Waals surface area contributed by atoms with E-state index in [1.54, 1.807) is 42.5 Å². The molecular weight excluding hydrogens is 364 g/mol. The summed E-state index contributed by atoms with van der Waals surface area (Å²) in [5.74, 6) is 0.419. The molecule has 28 heavy (non-hydrogen) atoms. The topological polar surface area (TPSA) is 113 Å².